The second-order valence-corrected chi connectivity index (χ2v) is 8.03. The predicted molar refractivity (Wildman–Crippen MR) is 117 cm³/mol. The van der Waals surface area contributed by atoms with Crippen molar-refractivity contribution in [3.63, 3.8) is 0 Å². The minimum Gasteiger partial charge on any atom is -0.494 e. The van der Waals surface area contributed by atoms with Crippen LogP contribution < -0.4 is 4.74 Å². The van der Waals surface area contributed by atoms with Gasteiger partial charge in [0.15, 0.2) is 5.75 Å². The summed E-state index contributed by atoms with van der Waals surface area (Å²) >= 11 is 18.3. The molecule has 1 aliphatic heterocycles. The normalized spacial score (nSPS) is 15.6. The number of methoxy groups -OCH3 is 2. The predicted octanol–water partition coefficient (Wildman–Crippen LogP) is 4.33. The van der Waals surface area contributed by atoms with E-state index in [4.69, 9.17) is 44.3 Å². The van der Waals surface area contributed by atoms with Crippen LogP contribution in [0.25, 0.3) is 0 Å². The van der Waals surface area contributed by atoms with Gasteiger partial charge in [0.2, 0.25) is 0 Å². The number of rotatable bonds is 5. The van der Waals surface area contributed by atoms with Crippen LogP contribution in [-0.2, 0) is 9.53 Å². The molecule has 9 heteroatoms. The van der Waals surface area contributed by atoms with Gasteiger partial charge in [-0.25, -0.2) is 4.79 Å². The molecule has 0 aliphatic carbocycles. The van der Waals surface area contributed by atoms with Crippen LogP contribution >= 0.6 is 34.8 Å². The Balaban J connectivity index is 1.73. The third-order valence-corrected chi connectivity index (χ3v) is 5.84. The van der Waals surface area contributed by atoms with Gasteiger partial charge in [0.25, 0.3) is 5.91 Å². The van der Waals surface area contributed by atoms with Crippen molar-refractivity contribution in [2.75, 3.05) is 40.4 Å². The van der Waals surface area contributed by atoms with Crippen LogP contribution in [0.5, 0.6) is 5.75 Å². The molecular weight excluding hydrogens is 451 g/mol. The molecule has 0 bridgehead atoms. The van der Waals surface area contributed by atoms with E-state index in [0.717, 1.165) is 5.56 Å². The number of carbonyl (C=O) groups excluding carboxylic acids is 2. The van der Waals surface area contributed by atoms with E-state index in [0.29, 0.717) is 42.5 Å². The molecule has 1 fully saturated rings. The van der Waals surface area contributed by atoms with Gasteiger partial charge in [0, 0.05) is 36.8 Å². The monoisotopic (exact) mass is 470 g/mol. The first kappa shape index (κ1) is 22.7. The fourth-order valence-electron chi connectivity index (χ4n) is 3.50. The summed E-state index contributed by atoms with van der Waals surface area (Å²) in [6.45, 7) is 1.90. The summed E-state index contributed by atoms with van der Waals surface area (Å²) < 4.78 is 10.1. The summed E-state index contributed by atoms with van der Waals surface area (Å²) in [6, 6.07) is 9.63. The summed E-state index contributed by atoms with van der Waals surface area (Å²) in [5.41, 5.74) is 1.18. The zero-order valence-electron chi connectivity index (χ0n) is 16.5. The van der Waals surface area contributed by atoms with Gasteiger partial charge in [0.1, 0.15) is 6.04 Å². The van der Waals surface area contributed by atoms with Crippen molar-refractivity contribution in [2.45, 2.75) is 6.04 Å². The summed E-state index contributed by atoms with van der Waals surface area (Å²) in [6.07, 6.45) is 0. The highest BCUT2D eigenvalue weighted by molar-refractivity contribution is 6.37. The molecule has 0 spiro atoms. The van der Waals surface area contributed by atoms with Gasteiger partial charge in [-0.05, 0) is 29.8 Å². The first-order valence-electron chi connectivity index (χ1n) is 9.25. The van der Waals surface area contributed by atoms with Crippen molar-refractivity contribution in [3.05, 3.63) is 62.6 Å². The van der Waals surface area contributed by atoms with Crippen LogP contribution in [0.3, 0.4) is 0 Å². The number of hydrogen-bond donors (Lipinski definition) is 0. The van der Waals surface area contributed by atoms with Crippen molar-refractivity contribution < 1.29 is 19.1 Å². The summed E-state index contributed by atoms with van der Waals surface area (Å²) in [4.78, 5) is 29.1. The van der Waals surface area contributed by atoms with E-state index in [9.17, 15) is 9.59 Å². The lowest BCUT2D eigenvalue weighted by molar-refractivity contribution is -0.148. The molecule has 1 saturated heterocycles. The molecule has 0 radical (unpaired) electrons. The van der Waals surface area contributed by atoms with Gasteiger partial charge in [-0.2, -0.15) is 0 Å². The van der Waals surface area contributed by atoms with Crippen LogP contribution in [0.1, 0.15) is 22.0 Å². The quantitative estimate of drug-likeness (QED) is 0.608. The molecule has 1 heterocycles. The Bertz CT molecular complexity index is 905. The fourth-order valence-corrected chi connectivity index (χ4v) is 4.26. The number of ether oxygens (including phenoxy) is 2. The Morgan fingerprint density at radius 2 is 1.50 bits per heavy atom. The van der Waals surface area contributed by atoms with E-state index in [-0.39, 0.29) is 21.9 Å². The van der Waals surface area contributed by atoms with Crippen molar-refractivity contribution in [2.24, 2.45) is 0 Å². The van der Waals surface area contributed by atoms with Gasteiger partial charge < -0.3 is 14.4 Å². The van der Waals surface area contributed by atoms with E-state index < -0.39 is 6.04 Å². The lowest BCUT2D eigenvalue weighted by atomic mass is 10.0. The highest BCUT2D eigenvalue weighted by atomic mass is 35.5. The Kier molecular flexibility index (Phi) is 7.47. The van der Waals surface area contributed by atoms with Gasteiger partial charge in [-0.1, -0.05) is 46.9 Å². The molecule has 1 amide bonds. The molecule has 160 valence electrons. The zero-order valence-corrected chi connectivity index (χ0v) is 18.8. The number of esters is 1. The smallest absolute Gasteiger partial charge is 0.327 e. The summed E-state index contributed by atoms with van der Waals surface area (Å²) in [5, 5.41) is 1.15. The van der Waals surface area contributed by atoms with Crippen molar-refractivity contribution >= 4 is 46.7 Å². The lowest BCUT2D eigenvalue weighted by Gasteiger charge is -2.38. The molecule has 0 N–H and O–H groups in total. The van der Waals surface area contributed by atoms with E-state index in [1.165, 1.54) is 14.2 Å². The fraction of sp³-hybridized carbons (Fsp3) is 0.333. The Morgan fingerprint density at radius 1 is 0.933 bits per heavy atom. The van der Waals surface area contributed by atoms with Crippen molar-refractivity contribution in [1.29, 1.82) is 0 Å². The SMILES string of the molecule is COC(=O)C(c1ccc(Cl)cc1)N1CCN(C(=O)c2cc(Cl)c(OC)c(Cl)c2)CC1. The van der Waals surface area contributed by atoms with E-state index in [1.54, 1.807) is 29.2 Å². The van der Waals surface area contributed by atoms with Gasteiger partial charge in [-0.15, -0.1) is 0 Å². The molecule has 1 aliphatic rings. The Hall–Kier alpha value is -1.99. The van der Waals surface area contributed by atoms with E-state index in [1.807, 2.05) is 17.0 Å². The second kappa shape index (κ2) is 9.88. The van der Waals surface area contributed by atoms with Crippen LogP contribution in [0.15, 0.2) is 36.4 Å². The van der Waals surface area contributed by atoms with Crippen LogP contribution in [0.2, 0.25) is 15.1 Å². The maximum atomic E-state index is 12.9. The van der Waals surface area contributed by atoms with E-state index >= 15 is 0 Å². The average molecular weight is 472 g/mol. The Labute approximate surface area is 190 Å². The molecule has 2 aromatic carbocycles. The zero-order chi connectivity index (χ0) is 21.8. The molecule has 0 aromatic heterocycles. The molecular formula is C21H21Cl3N2O4. The van der Waals surface area contributed by atoms with Gasteiger partial charge in [-0.3, -0.25) is 9.69 Å². The molecule has 2 aromatic rings. The summed E-state index contributed by atoms with van der Waals surface area (Å²) in [7, 11) is 2.83. The van der Waals surface area contributed by atoms with Crippen LogP contribution in [0, 0.1) is 0 Å². The van der Waals surface area contributed by atoms with Crippen molar-refractivity contribution in [3.8, 4) is 5.75 Å². The topological polar surface area (TPSA) is 59.1 Å². The molecule has 30 heavy (non-hydrogen) atoms. The number of piperazine rings is 1. The van der Waals surface area contributed by atoms with Crippen molar-refractivity contribution in [1.82, 2.24) is 9.80 Å². The average Bonchev–Trinajstić information content (AvgIpc) is 2.75. The number of amides is 1. The first-order valence-corrected chi connectivity index (χ1v) is 10.4. The minimum absolute atomic E-state index is 0.179. The lowest BCUT2D eigenvalue weighted by Crippen LogP contribution is -2.51. The number of nitrogens with zero attached hydrogens (tertiary/aromatic N) is 2. The highest BCUT2D eigenvalue weighted by Crippen LogP contribution is 2.34. The third kappa shape index (κ3) is 4.83. The number of carbonyl (C=O) groups is 2. The number of halogens is 3. The standard InChI is InChI=1S/C21H21Cl3N2O4/c1-29-19-16(23)11-14(12-17(19)24)20(27)26-9-7-25(8-10-26)18(21(28)30-2)13-3-5-15(22)6-4-13/h3-6,11-12,18H,7-10H2,1-2H3. The van der Waals surface area contributed by atoms with E-state index in [2.05, 4.69) is 0 Å². The second-order valence-electron chi connectivity index (χ2n) is 6.78. The molecule has 1 unspecified atom stereocenters. The molecule has 1 atom stereocenters. The Morgan fingerprint density at radius 3 is 2.00 bits per heavy atom. The number of benzene rings is 2. The largest absolute Gasteiger partial charge is 0.494 e. The maximum absolute atomic E-state index is 12.9. The maximum Gasteiger partial charge on any atom is 0.327 e. The number of hydrogen-bond acceptors (Lipinski definition) is 5. The van der Waals surface area contributed by atoms with Gasteiger partial charge >= 0.3 is 5.97 Å². The first-order chi connectivity index (χ1) is 14.3. The molecule has 3 rings (SSSR count). The highest BCUT2D eigenvalue weighted by Gasteiger charge is 2.32. The van der Waals surface area contributed by atoms with Crippen LogP contribution in [0.4, 0.5) is 0 Å². The third-order valence-electron chi connectivity index (χ3n) is 5.03. The van der Waals surface area contributed by atoms with Crippen LogP contribution in [-0.4, -0.2) is 62.1 Å². The molecule has 6 nitrogen and oxygen atoms in total. The summed E-state index contributed by atoms with van der Waals surface area (Å²) in [5.74, 6) is -0.198. The van der Waals surface area contributed by atoms with Gasteiger partial charge in [0.05, 0.1) is 24.3 Å². The minimum atomic E-state index is -0.561. The molecule has 0 saturated carbocycles.